The van der Waals surface area contributed by atoms with E-state index < -0.39 is 24.7 Å². The molecule has 0 fully saturated rings. The van der Waals surface area contributed by atoms with Crippen LogP contribution in [0.4, 0.5) is 13.2 Å². The van der Waals surface area contributed by atoms with Crippen molar-refractivity contribution >= 4 is 5.91 Å². The van der Waals surface area contributed by atoms with Crippen LogP contribution in [0.2, 0.25) is 0 Å². The van der Waals surface area contributed by atoms with E-state index in [2.05, 4.69) is 4.74 Å². The summed E-state index contributed by atoms with van der Waals surface area (Å²) in [5.41, 5.74) is 9.89. The van der Waals surface area contributed by atoms with Crippen LogP contribution >= 0.6 is 0 Å². The molecule has 0 rings (SSSR count). The van der Waals surface area contributed by atoms with Crippen LogP contribution in [-0.2, 0) is 9.53 Å². The lowest BCUT2D eigenvalue weighted by Crippen LogP contribution is -2.37. The average molecular weight is 200 g/mol. The van der Waals surface area contributed by atoms with E-state index in [1.54, 1.807) is 0 Å². The number of amides is 1. The molecule has 0 aliphatic heterocycles. The maximum absolute atomic E-state index is 11.5. The fourth-order valence-corrected chi connectivity index (χ4v) is 0.540. The van der Waals surface area contributed by atoms with Crippen LogP contribution in [0.1, 0.15) is 6.42 Å². The van der Waals surface area contributed by atoms with Crippen LogP contribution < -0.4 is 11.5 Å². The second-order valence-corrected chi connectivity index (χ2v) is 2.47. The highest BCUT2D eigenvalue weighted by molar-refractivity contribution is 5.79. The molecule has 1 amide bonds. The maximum Gasteiger partial charge on any atom is 0.411 e. The Morgan fingerprint density at radius 1 is 1.46 bits per heavy atom. The van der Waals surface area contributed by atoms with Crippen LogP contribution in [0.15, 0.2) is 0 Å². The maximum atomic E-state index is 11.5. The highest BCUT2D eigenvalue weighted by Gasteiger charge is 2.27. The van der Waals surface area contributed by atoms with Crippen molar-refractivity contribution in [3.63, 3.8) is 0 Å². The number of hydrogen-bond donors (Lipinski definition) is 2. The van der Waals surface area contributed by atoms with Crippen LogP contribution in [0.25, 0.3) is 0 Å². The zero-order chi connectivity index (χ0) is 10.5. The van der Waals surface area contributed by atoms with Gasteiger partial charge >= 0.3 is 6.18 Å². The summed E-state index contributed by atoms with van der Waals surface area (Å²) in [7, 11) is 0. The number of hydrogen-bond acceptors (Lipinski definition) is 3. The Morgan fingerprint density at radius 2 is 2.00 bits per heavy atom. The number of rotatable bonds is 5. The first-order valence-corrected chi connectivity index (χ1v) is 3.52. The first-order chi connectivity index (χ1) is 5.83. The van der Waals surface area contributed by atoms with Crippen molar-refractivity contribution in [2.24, 2.45) is 11.5 Å². The Hall–Kier alpha value is -0.820. The van der Waals surface area contributed by atoms with Gasteiger partial charge in [0.05, 0.1) is 6.04 Å². The largest absolute Gasteiger partial charge is 0.411 e. The lowest BCUT2D eigenvalue weighted by molar-refractivity contribution is -0.174. The molecule has 0 saturated carbocycles. The zero-order valence-electron chi connectivity index (χ0n) is 6.80. The molecule has 4 N–H and O–H groups in total. The minimum atomic E-state index is -4.35. The molecule has 4 nitrogen and oxygen atoms in total. The summed E-state index contributed by atoms with van der Waals surface area (Å²) in [4.78, 5) is 10.3. The predicted molar refractivity (Wildman–Crippen MR) is 38.7 cm³/mol. The molecule has 0 heterocycles. The van der Waals surface area contributed by atoms with Gasteiger partial charge in [-0.05, 0) is 6.42 Å². The van der Waals surface area contributed by atoms with E-state index in [9.17, 15) is 18.0 Å². The second-order valence-electron chi connectivity index (χ2n) is 2.47. The molecule has 0 bridgehead atoms. The van der Waals surface area contributed by atoms with Gasteiger partial charge in [-0.3, -0.25) is 4.79 Å². The third kappa shape index (κ3) is 7.54. The Bertz CT molecular complexity index is 172. The van der Waals surface area contributed by atoms with Gasteiger partial charge in [-0.2, -0.15) is 13.2 Å². The van der Waals surface area contributed by atoms with E-state index in [4.69, 9.17) is 11.5 Å². The summed E-state index contributed by atoms with van der Waals surface area (Å²) in [5.74, 6) is -0.754. The van der Waals surface area contributed by atoms with Gasteiger partial charge in [0, 0.05) is 6.61 Å². The van der Waals surface area contributed by atoms with Crippen molar-refractivity contribution in [3.8, 4) is 0 Å². The van der Waals surface area contributed by atoms with E-state index in [1.165, 1.54) is 0 Å². The van der Waals surface area contributed by atoms with Gasteiger partial charge in [0.25, 0.3) is 0 Å². The van der Waals surface area contributed by atoms with Gasteiger partial charge in [0.15, 0.2) is 0 Å². The molecule has 0 spiro atoms. The van der Waals surface area contributed by atoms with E-state index in [0.29, 0.717) is 0 Å². The summed E-state index contributed by atoms with van der Waals surface area (Å²) in [6.07, 6.45) is -4.36. The quantitative estimate of drug-likeness (QED) is 0.601. The van der Waals surface area contributed by atoms with Gasteiger partial charge in [0.1, 0.15) is 6.61 Å². The molecule has 0 saturated heterocycles. The number of carbonyl (C=O) groups is 1. The molecule has 7 heteroatoms. The lowest BCUT2D eigenvalue weighted by atomic mass is 10.2. The molecular weight excluding hydrogens is 189 g/mol. The summed E-state index contributed by atoms with van der Waals surface area (Å²) in [6.45, 7) is -1.57. The predicted octanol–water partition coefficient (Wildman–Crippen LogP) is -0.232. The fourth-order valence-electron chi connectivity index (χ4n) is 0.540. The number of alkyl halides is 3. The fraction of sp³-hybridized carbons (Fsp3) is 0.833. The Morgan fingerprint density at radius 3 is 2.38 bits per heavy atom. The van der Waals surface area contributed by atoms with Crippen molar-refractivity contribution in [2.75, 3.05) is 13.2 Å². The Labute approximate surface area is 73.0 Å². The van der Waals surface area contributed by atoms with Gasteiger partial charge in [-0.1, -0.05) is 0 Å². The molecule has 1 atom stereocenters. The molecular formula is C6H11F3N2O2. The lowest BCUT2D eigenvalue weighted by Gasteiger charge is -2.09. The molecule has 0 aromatic rings. The summed E-state index contributed by atoms with van der Waals surface area (Å²) in [5, 5.41) is 0. The van der Waals surface area contributed by atoms with Crippen molar-refractivity contribution in [1.82, 2.24) is 0 Å². The zero-order valence-corrected chi connectivity index (χ0v) is 6.80. The van der Waals surface area contributed by atoms with E-state index in [-0.39, 0.29) is 13.0 Å². The second kappa shape index (κ2) is 5.03. The van der Waals surface area contributed by atoms with Crippen LogP contribution in [0.5, 0.6) is 0 Å². The third-order valence-corrected chi connectivity index (χ3v) is 1.20. The number of primary amides is 1. The van der Waals surface area contributed by atoms with Crippen molar-refractivity contribution in [2.45, 2.75) is 18.6 Å². The monoisotopic (exact) mass is 200 g/mol. The summed E-state index contributed by atoms with van der Waals surface area (Å²) >= 11 is 0. The number of nitrogens with two attached hydrogens (primary N) is 2. The van der Waals surface area contributed by atoms with Crippen LogP contribution in [-0.4, -0.2) is 31.3 Å². The smallest absolute Gasteiger partial charge is 0.372 e. The third-order valence-electron chi connectivity index (χ3n) is 1.20. The van der Waals surface area contributed by atoms with E-state index >= 15 is 0 Å². The molecule has 0 radical (unpaired) electrons. The Balaban J connectivity index is 3.41. The number of carbonyl (C=O) groups excluding carboxylic acids is 1. The average Bonchev–Trinajstić information content (AvgIpc) is 1.95. The van der Waals surface area contributed by atoms with Crippen molar-refractivity contribution in [3.05, 3.63) is 0 Å². The molecule has 0 aromatic carbocycles. The summed E-state index contributed by atoms with van der Waals surface area (Å²) < 4.78 is 38.7. The van der Waals surface area contributed by atoms with Gasteiger partial charge < -0.3 is 16.2 Å². The normalized spacial score (nSPS) is 14.2. The highest BCUT2D eigenvalue weighted by atomic mass is 19.4. The van der Waals surface area contributed by atoms with Crippen LogP contribution in [0, 0.1) is 0 Å². The summed E-state index contributed by atoms with van der Waals surface area (Å²) in [6, 6.07) is -0.951. The van der Waals surface area contributed by atoms with E-state index in [1.807, 2.05) is 0 Å². The standard InChI is InChI=1S/C6H11F3N2O2/c7-6(8,9)3-13-2-1-4(10)5(11)12/h4H,1-3,10H2,(H2,11,12). The molecule has 78 valence electrons. The van der Waals surface area contributed by atoms with Crippen molar-refractivity contribution in [1.29, 1.82) is 0 Å². The van der Waals surface area contributed by atoms with Gasteiger partial charge in [-0.25, -0.2) is 0 Å². The topological polar surface area (TPSA) is 78.3 Å². The van der Waals surface area contributed by atoms with Crippen LogP contribution in [0.3, 0.4) is 0 Å². The Kier molecular flexibility index (Phi) is 4.71. The number of ether oxygens (including phenoxy) is 1. The van der Waals surface area contributed by atoms with E-state index in [0.717, 1.165) is 0 Å². The molecule has 0 aliphatic rings. The minimum absolute atomic E-state index is 0.00852. The van der Waals surface area contributed by atoms with Crippen molar-refractivity contribution < 1.29 is 22.7 Å². The molecule has 0 aromatic heterocycles. The van der Waals surface area contributed by atoms with Gasteiger partial charge in [0.2, 0.25) is 5.91 Å². The van der Waals surface area contributed by atoms with Gasteiger partial charge in [-0.15, -0.1) is 0 Å². The minimum Gasteiger partial charge on any atom is -0.372 e. The molecule has 1 unspecified atom stereocenters. The highest BCUT2D eigenvalue weighted by Crippen LogP contribution is 2.14. The first kappa shape index (κ1) is 12.2. The molecule has 0 aliphatic carbocycles. The first-order valence-electron chi connectivity index (χ1n) is 3.52. The SMILES string of the molecule is NC(=O)C(N)CCOCC(F)(F)F. The number of halogens is 3. The molecule has 13 heavy (non-hydrogen) atoms.